The highest BCUT2D eigenvalue weighted by Gasteiger charge is 2.44. The van der Waals surface area contributed by atoms with Crippen LogP contribution < -0.4 is 0 Å². The highest BCUT2D eigenvalue weighted by atomic mass is 19.1. The van der Waals surface area contributed by atoms with Crippen LogP contribution in [0, 0.1) is 5.41 Å². The Morgan fingerprint density at radius 3 is 2.36 bits per heavy atom. The average Bonchev–Trinajstić information content (AvgIpc) is 2.46. The fourth-order valence-electron chi connectivity index (χ4n) is 2.09. The van der Waals surface area contributed by atoms with Crippen molar-refractivity contribution in [2.45, 2.75) is 20.3 Å². The normalized spacial score (nSPS) is 14.1. The molecule has 0 amide bonds. The quantitative estimate of drug-likeness (QED) is 0.441. The van der Waals surface area contributed by atoms with E-state index in [0.29, 0.717) is 0 Å². The van der Waals surface area contributed by atoms with Gasteiger partial charge < -0.3 is 9.64 Å². The number of rotatable bonds is 7. The van der Waals surface area contributed by atoms with E-state index in [1.165, 1.54) is 11.8 Å². The Bertz CT molecular complexity index is 554. The van der Waals surface area contributed by atoms with Crippen molar-refractivity contribution in [1.29, 1.82) is 0 Å². The summed E-state index contributed by atoms with van der Waals surface area (Å²) in [5.41, 5.74) is -0.822. The first kappa shape index (κ1) is 17.9. The number of carbonyl (C=O) groups excluding carboxylic acids is 2. The molecule has 120 valence electrons. The van der Waals surface area contributed by atoms with Gasteiger partial charge in [-0.05, 0) is 25.8 Å². The minimum atomic E-state index is -1.59. The van der Waals surface area contributed by atoms with Crippen molar-refractivity contribution >= 4 is 11.8 Å². The molecule has 0 spiro atoms. The van der Waals surface area contributed by atoms with E-state index in [1.807, 2.05) is 6.07 Å². The van der Waals surface area contributed by atoms with Crippen LogP contribution in [0.1, 0.15) is 19.4 Å². The third-order valence-corrected chi connectivity index (χ3v) is 3.22. The summed E-state index contributed by atoms with van der Waals surface area (Å²) in [5.74, 6) is -2.55. The van der Waals surface area contributed by atoms with E-state index in [1.54, 1.807) is 45.3 Å². The fraction of sp³-hybridized carbons (Fsp3) is 0.412. The van der Waals surface area contributed by atoms with Gasteiger partial charge in [0.25, 0.3) is 0 Å². The van der Waals surface area contributed by atoms with Crippen molar-refractivity contribution in [2.75, 3.05) is 20.7 Å². The molecule has 1 aromatic rings. The van der Waals surface area contributed by atoms with E-state index in [9.17, 15) is 14.0 Å². The van der Waals surface area contributed by atoms with E-state index in [2.05, 4.69) is 0 Å². The van der Waals surface area contributed by atoms with E-state index >= 15 is 0 Å². The minimum Gasteiger partial charge on any atom is -0.465 e. The van der Waals surface area contributed by atoms with Crippen molar-refractivity contribution < 1.29 is 18.7 Å². The molecule has 0 aliphatic carbocycles. The van der Waals surface area contributed by atoms with Crippen molar-refractivity contribution in [2.24, 2.45) is 5.41 Å². The molecule has 0 aliphatic rings. The summed E-state index contributed by atoms with van der Waals surface area (Å²) in [5, 5.41) is 0. The van der Waals surface area contributed by atoms with Crippen molar-refractivity contribution in [1.82, 2.24) is 4.90 Å². The second kappa shape index (κ2) is 7.73. The van der Waals surface area contributed by atoms with Crippen LogP contribution in [0.4, 0.5) is 4.39 Å². The topological polar surface area (TPSA) is 46.6 Å². The summed E-state index contributed by atoms with van der Waals surface area (Å²) in [7, 11) is 3.21. The maximum absolute atomic E-state index is 14.1. The molecule has 4 nitrogen and oxygen atoms in total. The Hall–Kier alpha value is -2.17. The number of nitrogens with zero attached hydrogens (tertiary/aromatic N) is 1. The average molecular weight is 307 g/mol. The maximum Gasteiger partial charge on any atom is 0.320 e. The molecule has 0 saturated heterocycles. The lowest BCUT2D eigenvalue weighted by Crippen LogP contribution is -2.40. The largest absolute Gasteiger partial charge is 0.465 e. The van der Waals surface area contributed by atoms with Crippen LogP contribution in [0.5, 0.6) is 0 Å². The highest BCUT2D eigenvalue weighted by Crippen LogP contribution is 2.29. The summed E-state index contributed by atoms with van der Waals surface area (Å²) in [6, 6.07) is 9.02. The number of Topliss-reactive ketones (excluding diaryl/α,β-unsaturated/α-hetero) is 1. The third kappa shape index (κ3) is 4.41. The first-order valence-corrected chi connectivity index (χ1v) is 7.11. The molecule has 0 aliphatic heterocycles. The molecule has 0 fully saturated rings. The number of halogens is 1. The zero-order valence-corrected chi connectivity index (χ0v) is 13.4. The molecule has 1 unspecified atom stereocenters. The number of ketones is 1. The molecule has 1 rings (SSSR count). The van der Waals surface area contributed by atoms with Gasteiger partial charge in [-0.25, -0.2) is 4.39 Å². The van der Waals surface area contributed by atoms with Crippen LogP contribution in [0.25, 0.3) is 0 Å². The molecule has 0 saturated carbocycles. The van der Waals surface area contributed by atoms with Gasteiger partial charge >= 0.3 is 5.97 Å². The lowest BCUT2D eigenvalue weighted by Gasteiger charge is -2.25. The number of benzene rings is 1. The first-order chi connectivity index (χ1) is 10.3. The number of esters is 1. The van der Waals surface area contributed by atoms with Gasteiger partial charge in [-0.15, -0.1) is 0 Å². The van der Waals surface area contributed by atoms with E-state index in [-0.39, 0.29) is 13.0 Å². The Labute approximate surface area is 130 Å². The molecule has 0 bridgehead atoms. The minimum absolute atomic E-state index is 0.0835. The standard InChI is InChI=1S/C17H22FNO3/c1-5-22-16(21)17(2,11-13-9-7-6-8-10-13)15(20)14(18)12-19(3)4/h6-10,12H,5,11H2,1-4H3. The predicted octanol–water partition coefficient (Wildman–Crippen LogP) is 2.74. The van der Waals surface area contributed by atoms with E-state index in [0.717, 1.165) is 11.8 Å². The smallest absolute Gasteiger partial charge is 0.320 e. The molecule has 1 atom stereocenters. The zero-order chi connectivity index (χ0) is 16.8. The van der Waals surface area contributed by atoms with Gasteiger partial charge in [-0.3, -0.25) is 9.59 Å². The Kier molecular flexibility index (Phi) is 6.28. The molecule has 0 N–H and O–H groups in total. The van der Waals surface area contributed by atoms with Crippen LogP contribution in [0.15, 0.2) is 42.4 Å². The van der Waals surface area contributed by atoms with Gasteiger partial charge in [0.2, 0.25) is 5.78 Å². The summed E-state index contributed by atoms with van der Waals surface area (Å²) >= 11 is 0. The fourth-order valence-corrected chi connectivity index (χ4v) is 2.09. The molecule has 0 heterocycles. The summed E-state index contributed by atoms with van der Waals surface area (Å²) in [6.45, 7) is 3.20. The van der Waals surface area contributed by atoms with Crippen molar-refractivity contribution in [3.05, 3.63) is 47.9 Å². The maximum atomic E-state index is 14.1. The van der Waals surface area contributed by atoms with Crippen LogP contribution in [0.2, 0.25) is 0 Å². The monoisotopic (exact) mass is 307 g/mol. The van der Waals surface area contributed by atoms with E-state index < -0.39 is 23.0 Å². The Balaban J connectivity index is 3.16. The third-order valence-electron chi connectivity index (χ3n) is 3.22. The van der Waals surface area contributed by atoms with Gasteiger partial charge in [0.15, 0.2) is 5.83 Å². The van der Waals surface area contributed by atoms with Crippen molar-refractivity contribution in [3.63, 3.8) is 0 Å². The molecular formula is C17H22FNO3. The van der Waals surface area contributed by atoms with Gasteiger partial charge in [0.05, 0.1) is 6.61 Å². The predicted molar refractivity (Wildman–Crippen MR) is 82.8 cm³/mol. The number of hydrogen-bond donors (Lipinski definition) is 0. The first-order valence-electron chi connectivity index (χ1n) is 7.11. The van der Waals surface area contributed by atoms with Gasteiger partial charge in [0.1, 0.15) is 5.41 Å². The molecule has 1 aromatic carbocycles. The van der Waals surface area contributed by atoms with E-state index in [4.69, 9.17) is 4.74 Å². The van der Waals surface area contributed by atoms with Crippen molar-refractivity contribution in [3.8, 4) is 0 Å². The second-order valence-electron chi connectivity index (χ2n) is 5.48. The molecule has 0 aromatic heterocycles. The van der Waals surface area contributed by atoms with Gasteiger partial charge in [-0.2, -0.15) is 0 Å². The summed E-state index contributed by atoms with van der Waals surface area (Å²) in [4.78, 5) is 26.1. The summed E-state index contributed by atoms with van der Waals surface area (Å²) < 4.78 is 19.1. The molecule has 22 heavy (non-hydrogen) atoms. The van der Waals surface area contributed by atoms with Gasteiger partial charge in [0, 0.05) is 20.3 Å². The van der Waals surface area contributed by atoms with Crippen LogP contribution in [-0.2, 0) is 20.7 Å². The Morgan fingerprint density at radius 2 is 1.86 bits per heavy atom. The van der Waals surface area contributed by atoms with Gasteiger partial charge in [-0.1, -0.05) is 30.3 Å². The second-order valence-corrected chi connectivity index (χ2v) is 5.48. The molecule has 0 radical (unpaired) electrons. The lowest BCUT2D eigenvalue weighted by molar-refractivity contribution is -0.158. The molecule has 5 heteroatoms. The summed E-state index contributed by atoms with van der Waals surface area (Å²) in [6.07, 6.45) is 1.14. The van der Waals surface area contributed by atoms with Crippen LogP contribution in [-0.4, -0.2) is 37.4 Å². The zero-order valence-electron chi connectivity index (χ0n) is 13.4. The number of ether oxygens (including phenoxy) is 1. The highest BCUT2D eigenvalue weighted by molar-refractivity contribution is 6.10. The molecular weight excluding hydrogens is 285 g/mol. The Morgan fingerprint density at radius 1 is 1.27 bits per heavy atom. The van der Waals surface area contributed by atoms with Crippen LogP contribution >= 0.6 is 0 Å². The van der Waals surface area contributed by atoms with Crippen LogP contribution in [0.3, 0.4) is 0 Å². The SMILES string of the molecule is CCOC(=O)C(C)(Cc1ccccc1)C(=O)C(F)=CN(C)C. The number of hydrogen-bond acceptors (Lipinski definition) is 4. The number of allylic oxidation sites excluding steroid dienone is 1. The number of carbonyl (C=O) groups is 2. The lowest BCUT2D eigenvalue weighted by atomic mass is 9.79.